The standard InChI is InChI=1S/C48H40O2P2/c1-7-19-43(20-8-1)51(44-21-9-2-10-22-44,45-23-11-3-12-24-45)37-41-35-33-39(49-41)31-32-40-34-36-42(50-40)38-52(46-25-13-4-14-26-46,47-27-15-5-16-28-47)48-29-17-6-18-30-48/h1-36H,37-38H2/q+2/b32-31+. The van der Waals surface area contributed by atoms with Crippen LogP contribution in [0.25, 0.3) is 12.2 Å². The van der Waals surface area contributed by atoms with E-state index < -0.39 is 14.5 Å². The SMILES string of the molecule is C(=C\c1ccc(C[P+](c2ccccc2)(c2ccccc2)c2ccccc2)o1)/c1ccc(C[P+](c2ccccc2)(c2ccccc2)c2ccccc2)o1. The summed E-state index contributed by atoms with van der Waals surface area (Å²) in [5, 5.41) is 8.02. The summed E-state index contributed by atoms with van der Waals surface area (Å²) in [7, 11) is -4.13. The third kappa shape index (κ3) is 6.77. The average Bonchev–Trinajstić information content (AvgIpc) is 3.89. The number of hydrogen-bond donors (Lipinski definition) is 0. The van der Waals surface area contributed by atoms with Crippen LogP contribution in [0.3, 0.4) is 0 Å². The maximum Gasteiger partial charge on any atom is 0.143 e. The molecule has 4 heteroatoms. The largest absolute Gasteiger partial charge is 0.458 e. The fraction of sp³-hybridized carbons (Fsp3) is 0.0417. The van der Waals surface area contributed by atoms with Crippen LogP contribution in [-0.4, -0.2) is 0 Å². The molecule has 0 spiro atoms. The van der Waals surface area contributed by atoms with Crippen molar-refractivity contribution in [2.24, 2.45) is 0 Å². The molecule has 0 saturated carbocycles. The Morgan fingerprint density at radius 3 is 0.750 bits per heavy atom. The van der Waals surface area contributed by atoms with Gasteiger partial charge >= 0.3 is 0 Å². The molecule has 8 rings (SSSR count). The van der Waals surface area contributed by atoms with Gasteiger partial charge in [-0.05, 0) is 109 Å². The van der Waals surface area contributed by atoms with Gasteiger partial charge in [-0.3, -0.25) is 0 Å². The Morgan fingerprint density at radius 2 is 0.519 bits per heavy atom. The first-order chi connectivity index (χ1) is 25.7. The van der Waals surface area contributed by atoms with Crippen molar-refractivity contribution in [1.82, 2.24) is 0 Å². The molecule has 0 aliphatic heterocycles. The van der Waals surface area contributed by atoms with Gasteiger partial charge < -0.3 is 8.83 Å². The highest BCUT2D eigenvalue weighted by Crippen LogP contribution is 2.59. The molecule has 2 nitrogen and oxygen atoms in total. The first-order valence-electron chi connectivity index (χ1n) is 17.7. The fourth-order valence-corrected chi connectivity index (χ4v) is 15.6. The molecule has 0 unspecified atom stereocenters. The van der Waals surface area contributed by atoms with Crippen LogP contribution in [0.15, 0.2) is 215 Å². The van der Waals surface area contributed by atoms with Crippen molar-refractivity contribution in [3.8, 4) is 0 Å². The lowest BCUT2D eigenvalue weighted by Crippen LogP contribution is -2.32. The topological polar surface area (TPSA) is 26.3 Å². The summed E-state index contributed by atoms with van der Waals surface area (Å²) in [5.41, 5.74) is 0. The van der Waals surface area contributed by atoms with Crippen molar-refractivity contribution >= 4 is 58.5 Å². The second-order valence-corrected chi connectivity index (χ2v) is 19.9. The van der Waals surface area contributed by atoms with Gasteiger partial charge in [0.25, 0.3) is 0 Å². The molecule has 8 aromatic rings. The molecule has 0 bridgehead atoms. The lowest BCUT2D eigenvalue weighted by atomic mass is 10.3. The van der Waals surface area contributed by atoms with E-state index in [0.29, 0.717) is 0 Å². The summed E-state index contributed by atoms with van der Waals surface area (Å²) in [6, 6.07) is 74.0. The Bertz CT molecular complexity index is 1970. The van der Waals surface area contributed by atoms with E-state index in [4.69, 9.17) is 8.83 Å². The van der Waals surface area contributed by atoms with E-state index in [1.807, 2.05) is 12.2 Å². The van der Waals surface area contributed by atoms with Crippen LogP contribution in [0.5, 0.6) is 0 Å². The molecule has 6 aromatic carbocycles. The molecule has 0 aliphatic carbocycles. The third-order valence-corrected chi connectivity index (χ3v) is 18.4. The van der Waals surface area contributed by atoms with Crippen LogP contribution in [0.4, 0.5) is 0 Å². The van der Waals surface area contributed by atoms with Gasteiger partial charge in [-0.2, -0.15) is 0 Å². The number of benzene rings is 6. The highest BCUT2D eigenvalue weighted by Gasteiger charge is 2.47. The summed E-state index contributed by atoms with van der Waals surface area (Å²) in [4.78, 5) is 0. The lowest BCUT2D eigenvalue weighted by Gasteiger charge is -2.26. The first kappa shape index (κ1) is 33.6. The predicted octanol–water partition coefficient (Wildman–Crippen LogP) is 10.0. The van der Waals surface area contributed by atoms with E-state index in [0.717, 1.165) is 35.4 Å². The summed E-state index contributed by atoms with van der Waals surface area (Å²) in [6.45, 7) is 0. The number of hydrogen-bond acceptors (Lipinski definition) is 2. The molecule has 0 radical (unpaired) electrons. The monoisotopic (exact) mass is 710 g/mol. The van der Waals surface area contributed by atoms with E-state index in [1.54, 1.807) is 0 Å². The maximum atomic E-state index is 6.59. The Labute approximate surface area is 307 Å². The third-order valence-electron chi connectivity index (χ3n) is 9.74. The van der Waals surface area contributed by atoms with Crippen molar-refractivity contribution < 1.29 is 8.83 Å². The molecule has 52 heavy (non-hydrogen) atoms. The van der Waals surface area contributed by atoms with Gasteiger partial charge in [0.1, 0.15) is 81.7 Å². The van der Waals surface area contributed by atoms with Gasteiger partial charge in [0.05, 0.1) is 0 Å². The highest BCUT2D eigenvalue weighted by molar-refractivity contribution is 7.95. The second kappa shape index (κ2) is 15.4. The summed E-state index contributed by atoms with van der Waals surface area (Å²) in [6.07, 6.45) is 5.61. The highest BCUT2D eigenvalue weighted by atomic mass is 31.2. The average molecular weight is 711 g/mol. The summed E-state index contributed by atoms with van der Waals surface area (Å²) < 4.78 is 13.2. The molecule has 0 fully saturated rings. The Kier molecular flexibility index (Phi) is 9.94. The van der Waals surface area contributed by atoms with Crippen LogP contribution in [0, 0.1) is 0 Å². The Morgan fingerprint density at radius 1 is 0.288 bits per heavy atom. The molecule has 0 amide bonds. The van der Waals surface area contributed by atoms with Crippen molar-refractivity contribution in [3.63, 3.8) is 0 Å². The van der Waals surface area contributed by atoms with E-state index in [1.165, 1.54) is 31.8 Å². The molecule has 0 N–H and O–H groups in total. The van der Waals surface area contributed by atoms with Gasteiger partial charge in [0, 0.05) is 0 Å². The van der Waals surface area contributed by atoms with Gasteiger partial charge in [-0.1, -0.05) is 109 Å². The van der Waals surface area contributed by atoms with Crippen LogP contribution in [0.1, 0.15) is 23.0 Å². The molecular formula is C48H40O2P2+2. The molecule has 0 atom stereocenters. The fourth-order valence-electron chi connectivity index (χ4n) is 7.31. The maximum absolute atomic E-state index is 6.59. The van der Waals surface area contributed by atoms with E-state index in [-0.39, 0.29) is 0 Å². The minimum atomic E-state index is -2.07. The predicted molar refractivity (Wildman–Crippen MR) is 224 cm³/mol. The quantitative estimate of drug-likeness (QED) is 0.118. The Balaban J connectivity index is 1.10. The van der Waals surface area contributed by atoms with Crippen LogP contribution in [0.2, 0.25) is 0 Å². The van der Waals surface area contributed by atoms with Gasteiger partial charge in [-0.25, -0.2) is 0 Å². The Hall–Kier alpha value is -5.52. The summed E-state index contributed by atoms with van der Waals surface area (Å²) in [5.74, 6) is 3.54. The van der Waals surface area contributed by atoms with Crippen LogP contribution >= 0.6 is 14.5 Å². The zero-order valence-corrected chi connectivity index (χ0v) is 30.7. The molecule has 0 aliphatic rings. The van der Waals surface area contributed by atoms with Gasteiger partial charge in [-0.15, -0.1) is 0 Å². The second-order valence-electron chi connectivity index (χ2n) is 12.9. The van der Waals surface area contributed by atoms with Crippen molar-refractivity contribution in [2.45, 2.75) is 12.3 Å². The minimum Gasteiger partial charge on any atom is -0.458 e. The van der Waals surface area contributed by atoms with Gasteiger partial charge in [0.15, 0.2) is 0 Å². The van der Waals surface area contributed by atoms with Crippen molar-refractivity contribution in [2.75, 3.05) is 0 Å². The van der Waals surface area contributed by atoms with E-state index in [9.17, 15) is 0 Å². The lowest BCUT2D eigenvalue weighted by molar-refractivity contribution is 0.516. The van der Waals surface area contributed by atoms with Gasteiger partial charge in [0.2, 0.25) is 0 Å². The molecule has 2 heterocycles. The zero-order chi connectivity index (χ0) is 35.1. The summed E-state index contributed by atoms with van der Waals surface area (Å²) >= 11 is 0. The zero-order valence-electron chi connectivity index (χ0n) is 28.9. The smallest absolute Gasteiger partial charge is 0.143 e. The number of rotatable bonds is 12. The molecule has 252 valence electrons. The van der Waals surface area contributed by atoms with Crippen molar-refractivity contribution in [1.29, 1.82) is 0 Å². The number of furan rings is 2. The van der Waals surface area contributed by atoms with E-state index >= 15 is 0 Å². The van der Waals surface area contributed by atoms with E-state index in [2.05, 4.69) is 206 Å². The molecule has 0 saturated heterocycles. The first-order valence-corrected chi connectivity index (χ1v) is 21.6. The normalized spacial score (nSPS) is 11.9. The van der Waals surface area contributed by atoms with Crippen molar-refractivity contribution in [3.05, 3.63) is 229 Å². The van der Waals surface area contributed by atoms with Crippen LogP contribution in [-0.2, 0) is 12.3 Å². The minimum absolute atomic E-state index is 0.786. The van der Waals surface area contributed by atoms with Crippen LogP contribution < -0.4 is 31.8 Å². The molecular weight excluding hydrogens is 670 g/mol. The molecule has 2 aromatic heterocycles.